The molecular weight excluding hydrogens is 160 g/mol. The largest absolute Gasteiger partial charge is 0.382 e. The van der Waals surface area contributed by atoms with Gasteiger partial charge in [0.2, 0.25) is 0 Å². The first-order chi connectivity index (χ1) is 6.24. The van der Waals surface area contributed by atoms with Gasteiger partial charge >= 0.3 is 0 Å². The number of allylic oxidation sites excluding steroid dienone is 1. The van der Waals surface area contributed by atoms with E-state index in [9.17, 15) is 0 Å². The average molecular weight is 172 g/mol. The molecule has 0 aromatic heterocycles. The molecule has 1 aromatic carbocycles. The average Bonchev–Trinajstić information content (AvgIpc) is 2.15. The minimum Gasteiger partial charge on any atom is -0.382 e. The number of nitriles is 1. The maximum absolute atomic E-state index is 8.88. The van der Waals surface area contributed by atoms with E-state index >= 15 is 0 Å². The van der Waals surface area contributed by atoms with Crippen LogP contribution in [0.4, 0.5) is 0 Å². The van der Waals surface area contributed by atoms with E-state index in [1.54, 1.807) is 0 Å². The lowest BCUT2D eigenvalue weighted by molar-refractivity contribution is 0.566. The predicted octanol–water partition coefficient (Wildman–Crippen LogP) is 2.11. The van der Waals surface area contributed by atoms with E-state index in [2.05, 4.69) is 6.07 Å². The maximum Gasteiger partial charge on any atom is 0.101 e. The van der Waals surface area contributed by atoms with Gasteiger partial charge in [0.05, 0.1) is 5.57 Å². The first kappa shape index (κ1) is 9.34. The predicted molar refractivity (Wildman–Crippen MR) is 53.7 cm³/mol. The Hall–Kier alpha value is -1.75. The van der Waals surface area contributed by atoms with Gasteiger partial charge in [-0.3, -0.25) is 0 Å². The third-order valence-electron chi connectivity index (χ3n) is 1.59. The van der Waals surface area contributed by atoms with Crippen LogP contribution in [0.3, 0.4) is 0 Å². The summed E-state index contributed by atoms with van der Waals surface area (Å²) in [6.07, 6.45) is 1.81. The molecule has 0 heterocycles. The van der Waals surface area contributed by atoms with Gasteiger partial charge in [0.25, 0.3) is 0 Å². The Morgan fingerprint density at radius 3 is 2.38 bits per heavy atom. The van der Waals surface area contributed by atoms with Crippen LogP contribution in [0.25, 0.3) is 5.57 Å². The fourth-order valence-corrected chi connectivity index (χ4v) is 1.04. The monoisotopic (exact) mass is 172 g/mol. The molecule has 2 nitrogen and oxygen atoms in total. The van der Waals surface area contributed by atoms with Crippen molar-refractivity contribution in [1.29, 1.82) is 5.26 Å². The van der Waals surface area contributed by atoms with Gasteiger partial charge in [-0.25, -0.2) is 0 Å². The molecule has 0 spiro atoms. The van der Waals surface area contributed by atoms with Crippen LogP contribution in [0.15, 0.2) is 36.5 Å². The minimum atomic E-state index is 0.686. The molecule has 0 aliphatic carbocycles. The highest BCUT2D eigenvalue weighted by Crippen LogP contribution is 2.12. The fraction of sp³-hybridized carbons (Fsp3) is 0.182. The van der Waals surface area contributed by atoms with E-state index in [0.717, 1.165) is 5.56 Å². The van der Waals surface area contributed by atoms with Gasteiger partial charge in [0.1, 0.15) is 6.07 Å². The fourth-order valence-electron chi connectivity index (χ4n) is 1.04. The lowest BCUT2D eigenvalue weighted by Gasteiger charge is -2.06. The van der Waals surface area contributed by atoms with Gasteiger partial charge in [-0.05, 0) is 5.56 Å². The normalized spacial score (nSPS) is 10.7. The Balaban J connectivity index is 3.00. The summed E-state index contributed by atoms with van der Waals surface area (Å²) in [7, 11) is 3.81. The second kappa shape index (κ2) is 4.32. The summed E-state index contributed by atoms with van der Waals surface area (Å²) in [4.78, 5) is 1.87. The van der Waals surface area contributed by atoms with Crippen molar-refractivity contribution >= 4 is 5.57 Å². The number of nitrogens with zero attached hydrogens (tertiary/aromatic N) is 2. The molecule has 2 heteroatoms. The van der Waals surface area contributed by atoms with Gasteiger partial charge in [0.15, 0.2) is 0 Å². The van der Waals surface area contributed by atoms with Crippen LogP contribution in [-0.4, -0.2) is 19.0 Å². The molecule has 0 unspecified atom stereocenters. The van der Waals surface area contributed by atoms with Crippen molar-refractivity contribution < 1.29 is 0 Å². The molecular formula is C11H12N2. The van der Waals surface area contributed by atoms with Gasteiger partial charge in [0, 0.05) is 20.3 Å². The van der Waals surface area contributed by atoms with E-state index in [1.807, 2.05) is 55.5 Å². The molecule has 13 heavy (non-hydrogen) atoms. The second-order valence-electron chi connectivity index (χ2n) is 2.98. The van der Waals surface area contributed by atoms with Gasteiger partial charge < -0.3 is 4.90 Å². The molecule has 0 aliphatic heterocycles. The number of hydrogen-bond donors (Lipinski definition) is 0. The van der Waals surface area contributed by atoms with Crippen molar-refractivity contribution in [3.8, 4) is 6.07 Å². The molecule has 0 fully saturated rings. The van der Waals surface area contributed by atoms with E-state index in [4.69, 9.17) is 5.26 Å². The van der Waals surface area contributed by atoms with Gasteiger partial charge in [-0.15, -0.1) is 0 Å². The number of benzene rings is 1. The highest BCUT2D eigenvalue weighted by atomic mass is 15.0. The van der Waals surface area contributed by atoms with Crippen molar-refractivity contribution in [1.82, 2.24) is 4.90 Å². The Kier molecular flexibility index (Phi) is 3.10. The molecule has 66 valence electrons. The van der Waals surface area contributed by atoms with E-state index in [-0.39, 0.29) is 0 Å². The van der Waals surface area contributed by atoms with Crippen molar-refractivity contribution in [2.24, 2.45) is 0 Å². The summed E-state index contributed by atoms with van der Waals surface area (Å²) >= 11 is 0. The second-order valence-corrected chi connectivity index (χ2v) is 2.98. The summed E-state index contributed by atoms with van der Waals surface area (Å²) in [5.41, 5.74) is 1.64. The van der Waals surface area contributed by atoms with Crippen LogP contribution in [-0.2, 0) is 0 Å². The quantitative estimate of drug-likeness (QED) is 0.639. The zero-order chi connectivity index (χ0) is 9.68. The third-order valence-corrected chi connectivity index (χ3v) is 1.59. The summed E-state index contributed by atoms with van der Waals surface area (Å²) in [5, 5.41) is 8.88. The molecule has 0 aliphatic rings. The molecule has 1 aromatic rings. The summed E-state index contributed by atoms with van der Waals surface area (Å²) in [5.74, 6) is 0. The summed E-state index contributed by atoms with van der Waals surface area (Å²) in [6.45, 7) is 0. The Labute approximate surface area is 78.7 Å². The van der Waals surface area contributed by atoms with Crippen LogP contribution in [0.1, 0.15) is 5.56 Å². The minimum absolute atomic E-state index is 0.686. The lowest BCUT2D eigenvalue weighted by atomic mass is 10.1. The lowest BCUT2D eigenvalue weighted by Crippen LogP contribution is -2.02. The molecule has 0 radical (unpaired) electrons. The van der Waals surface area contributed by atoms with E-state index in [0.29, 0.717) is 5.57 Å². The molecule has 0 atom stereocenters. The Bertz CT molecular complexity index is 331. The highest BCUT2D eigenvalue weighted by Gasteiger charge is 1.98. The van der Waals surface area contributed by atoms with Crippen molar-refractivity contribution in [2.75, 3.05) is 14.1 Å². The molecule has 0 bridgehead atoms. The Morgan fingerprint density at radius 1 is 1.31 bits per heavy atom. The van der Waals surface area contributed by atoms with Gasteiger partial charge in [-0.2, -0.15) is 5.26 Å². The zero-order valence-electron chi connectivity index (χ0n) is 7.86. The zero-order valence-corrected chi connectivity index (χ0v) is 7.86. The van der Waals surface area contributed by atoms with E-state index < -0.39 is 0 Å². The molecule has 0 saturated carbocycles. The van der Waals surface area contributed by atoms with Crippen LogP contribution in [0, 0.1) is 11.3 Å². The van der Waals surface area contributed by atoms with Crippen molar-refractivity contribution in [3.05, 3.63) is 42.1 Å². The smallest absolute Gasteiger partial charge is 0.101 e. The first-order valence-corrected chi connectivity index (χ1v) is 4.08. The standard InChI is InChI=1S/C11H12N2/c1-13(2)9-11(8-12)10-6-4-3-5-7-10/h3-7,9H,1-2H3. The molecule has 0 amide bonds. The van der Waals surface area contributed by atoms with Crippen LogP contribution in [0.2, 0.25) is 0 Å². The Morgan fingerprint density at radius 2 is 1.92 bits per heavy atom. The number of rotatable bonds is 2. The van der Waals surface area contributed by atoms with Gasteiger partial charge in [-0.1, -0.05) is 30.3 Å². The van der Waals surface area contributed by atoms with Crippen molar-refractivity contribution in [2.45, 2.75) is 0 Å². The molecule has 0 saturated heterocycles. The summed E-state index contributed by atoms with van der Waals surface area (Å²) < 4.78 is 0. The highest BCUT2D eigenvalue weighted by molar-refractivity contribution is 5.76. The summed E-state index contributed by atoms with van der Waals surface area (Å²) in [6, 6.07) is 11.8. The number of hydrogen-bond acceptors (Lipinski definition) is 2. The van der Waals surface area contributed by atoms with Crippen LogP contribution in [0.5, 0.6) is 0 Å². The van der Waals surface area contributed by atoms with Crippen molar-refractivity contribution in [3.63, 3.8) is 0 Å². The molecule has 0 N–H and O–H groups in total. The molecule has 1 rings (SSSR count). The maximum atomic E-state index is 8.88. The van der Waals surface area contributed by atoms with E-state index in [1.165, 1.54) is 0 Å². The van der Waals surface area contributed by atoms with Crippen LogP contribution < -0.4 is 0 Å². The van der Waals surface area contributed by atoms with Crippen LogP contribution >= 0.6 is 0 Å². The third kappa shape index (κ3) is 2.64. The first-order valence-electron chi connectivity index (χ1n) is 4.08. The SMILES string of the molecule is CN(C)C=C(C#N)c1ccccc1. The topological polar surface area (TPSA) is 27.0 Å².